The van der Waals surface area contributed by atoms with Gasteiger partial charge in [0.05, 0.1) is 6.54 Å². The standard InChI is InChI=1S/C17H27N3O/c1-3-14-5-4-6-16(11-14)19-17(21)13-20(2)12-15-7-9-18-10-8-15/h4-6,11,15,18H,3,7-10,12-13H2,1-2H3,(H,19,21). The second-order valence-corrected chi connectivity index (χ2v) is 5.99. The molecule has 0 spiro atoms. The molecular formula is C17H27N3O. The van der Waals surface area contributed by atoms with Gasteiger partial charge in [-0.3, -0.25) is 9.69 Å². The molecule has 21 heavy (non-hydrogen) atoms. The first-order valence-corrected chi connectivity index (χ1v) is 7.95. The number of carbonyl (C=O) groups excluding carboxylic acids is 1. The van der Waals surface area contributed by atoms with Crippen LogP contribution in [0.25, 0.3) is 0 Å². The first-order valence-electron chi connectivity index (χ1n) is 7.95. The Hall–Kier alpha value is -1.39. The first kappa shape index (κ1) is 16.0. The van der Waals surface area contributed by atoms with E-state index in [1.807, 2.05) is 25.2 Å². The minimum absolute atomic E-state index is 0.0692. The van der Waals surface area contributed by atoms with E-state index in [2.05, 4.69) is 28.5 Å². The molecule has 4 nitrogen and oxygen atoms in total. The molecule has 0 aromatic heterocycles. The minimum Gasteiger partial charge on any atom is -0.325 e. The Morgan fingerprint density at radius 3 is 2.86 bits per heavy atom. The number of amides is 1. The molecule has 2 rings (SSSR count). The van der Waals surface area contributed by atoms with Gasteiger partial charge in [0.25, 0.3) is 0 Å². The summed E-state index contributed by atoms with van der Waals surface area (Å²) < 4.78 is 0. The quantitative estimate of drug-likeness (QED) is 0.843. The summed E-state index contributed by atoms with van der Waals surface area (Å²) in [7, 11) is 2.03. The lowest BCUT2D eigenvalue weighted by Gasteiger charge is -2.27. The van der Waals surface area contributed by atoms with E-state index in [0.717, 1.165) is 31.7 Å². The van der Waals surface area contributed by atoms with Crippen molar-refractivity contribution in [2.45, 2.75) is 26.2 Å². The fraction of sp³-hybridized carbons (Fsp3) is 0.588. The fourth-order valence-electron chi connectivity index (χ4n) is 2.88. The van der Waals surface area contributed by atoms with Gasteiger partial charge in [0.2, 0.25) is 5.91 Å². The van der Waals surface area contributed by atoms with Gasteiger partial charge in [0, 0.05) is 12.2 Å². The van der Waals surface area contributed by atoms with Crippen molar-refractivity contribution in [1.29, 1.82) is 0 Å². The number of piperidine rings is 1. The van der Waals surface area contributed by atoms with Crippen molar-refractivity contribution in [3.8, 4) is 0 Å². The molecule has 1 heterocycles. The van der Waals surface area contributed by atoms with Crippen LogP contribution >= 0.6 is 0 Å². The van der Waals surface area contributed by atoms with Gasteiger partial charge in [-0.25, -0.2) is 0 Å². The van der Waals surface area contributed by atoms with Gasteiger partial charge in [-0.1, -0.05) is 19.1 Å². The molecule has 0 saturated carbocycles. The lowest BCUT2D eigenvalue weighted by molar-refractivity contribution is -0.117. The summed E-state index contributed by atoms with van der Waals surface area (Å²) >= 11 is 0. The molecule has 1 aliphatic rings. The van der Waals surface area contributed by atoms with Crippen LogP contribution in [0.15, 0.2) is 24.3 Å². The highest BCUT2D eigenvalue weighted by Gasteiger charge is 2.16. The maximum Gasteiger partial charge on any atom is 0.238 e. The van der Waals surface area contributed by atoms with Crippen molar-refractivity contribution in [2.75, 3.05) is 38.5 Å². The monoisotopic (exact) mass is 289 g/mol. The topological polar surface area (TPSA) is 44.4 Å². The van der Waals surface area contributed by atoms with Crippen molar-refractivity contribution in [2.24, 2.45) is 5.92 Å². The van der Waals surface area contributed by atoms with E-state index in [1.54, 1.807) is 0 Å². The molecule has 1 aromatic rings. The molecule has 0 unspecified atom stereocenters. The van der Waals surface area contributed by atoms with Crippen LogP contribution in [0.3, 0.4) is 0 Å². The largest absolute Gasteiger partial charge is 0.325 e. The van der Waals surface area contributed by atoms with Crippen LogP contribution in [-0.4, -0.2) is 44.0 Å². The summed E-state index contributed by atoms with van der Waals surface area (Å²) in [5.74, 6) is 0.784. The summed E-state index contributed by atoms with van der Waals surface area (Å²) in [6.07, 6.45) is 3.41. The Labute approximate surface area is 127 Å². The summed E-state index contributed by atoms with van der Waals surface area (Å²) in [6.45, 7) is 5.79. The van der Waals surface area contributed by atoms with Crippen LogP contribution in [0.2, 0.25) is 0 Å². The van der Waals surface area contributed by atoms with Gasteiger partial charge in [-0.05, 0) is 63.0 Å². The predicted octanol–water partition coefficient (Wildman–Crippen LogP) is 2.12. The Morgan fingerprint density at radius 1 is 1.38 bits per heavy atom. The molecule has 116 valence electrons. The third-order valence-electron chi connectivity index (χ3n) is 4.06. The molecule has 1 amide bonds. The lowest BCUT2D eigenvalue weighted by atomic mass is 9.98. The van der Waals surface area contributed by atoms with E-state index in [1.165, 1.54) is 18.4 Å². The Kier molecular flexibility index (Phi) is 6.21. The van der Waals surface area contributed by atoms with E-state index in [9.17, 15) is 4.79 Å². The molecule has 4 heteroatoms. The third kappa shape index (κ3) is 5.48. The second-order valence-electron chi connectivity index (χ2n) is 5.99. The van der Waals surface area contributed by atoms with Crippen LogP contribution in [0.4, 0.5) is 5.69 Å². The predicted molar refractivity (Wildman–Crippen MR) is 87.5 cm³/mol. The van der Waals surface area contributed by atoms with Crippen molar-refractivity contribution >= 4 is 11.6 Å². The number of hydrogen-bond donors (Lipinski definition) is 2. The van der Waals surface area contributed by atoms with Gasteiger partial charge in [0.1, 0.15) is 0 Å². The third-order valence-corrected chi connectivity index (χ3v) is 4.06. The summed E-state index contributed by atoms with van der Waals surface area (Å²) in [5, 5.41) is 6.37. The molecule has 0 bridgehead atoms. The first-order chi connectivity index (χ1) is 10.2. The van der Waals surface area contributed by atoms with E-state index in [-0.39, 0.29) is 5.91 Å². The minimum atomic E-state index is 0.0692. The normalized spacial score (nSPS) is 16.1. The zero-order valence-electron chi connectivity index (χ0n) is 13.2. The van der Waals surface area contributed by atoms with Gasteiger partial charge in [-0.2, -0.15) is 0 Å². The highest BCUT2D eigenvalue weighted by atomic mass is 16.2. The molecule has 1 fully saturated rings. The number of aryl methyl sites for hydroxylation is 1. The molecule has 2 N–H and O–H groups in total. The average Bonchev–Trinajstić information content (AvgIpc) is 2.48. The van der Waals surface area contributed by atoms with Gasteiger partial charge < -0.3 is 10.6 Å². The number of hydrogen-bond acceptors (Lipinski definition) is 3. The second kappa shape index (κ2) is 8.15. The highest BCUT2D eigenvalue weighted by molar-refractivity contribution is 5.92. The van der Waals surface area contributed by atoms with E-state index in [4.69, 9.17) is 0 Å². The number of rotatable bonds is 6. The zero-order chi connectivity index (χ0) is 15.1. The van der Waals surface area contributed by atoms with E-state index in [0.29, 0.717) is 12.5 Å². The lowest BCUT2D eigenvalue weighted by Crippen LogP contribution is -2.37. The van der Waals surface area contributed by atoms with E-state index < -0.39 is 0 Å². The van der Waals surface area contributed by atoms with Crippen LogP contribution in [0.1, 0.15) is 25.3 Å². The molecule has 0 atom stereocenters. The zero-order valence-corrected chi connectivity index (χ0v) is 13.2. The van der Waals surface area contributed by atoms with Crippen molar-refractivity contribution in [3.63, 3.8) is 0 Å². The number of likely N-dealkylation sites (N-methyl/N-ethyl adjacent to an activating group) is 1. The Balaban J connectivity index is 1.77. The van der Waals surface area contributed by atoms with Crippen LogP contribution in [0, 0.1) is 5.92 Å². The molecule has 0 radical (unpaired) electrons. The number of anilines is 1. The molecule has 1 saturated heterocycles. The summed E-state index contributed by atoms with van der Waals surface area (Å²) in [6, 6.07) is 8.07. The van der Waals surface area contributed by atoms with Gasteiger partial charge >= 0.3 is 0 Å². The number of benzene rings is 1. The van der Waals surface area contributed by atoms with Crippen molar-refractivity contribution < 1.29 is 4.79 Å². The average molecular weight is 289 g/mol. The van der Waals surface area contributed by atoms with Crippen molar-refractivity contribution in [3.05, 3.63) is 29.8 Å². The Morgan fingerprint density at radius 2 is 2.14 bits per heavy atom. The Bertz CT molecular complexity index is 455. The fourth-order valence-corrected chi connectivity index (χ4v) is 2.88. The molecular weight excluding hydrogens is 262 g/mol. The van der Waals surface area contributed by atoms with Crippen molar-refractivity contribution in [1.82, 2.24) is 10.2 Å². The van der Waals surface area contributed by atoms with Crippen LogP contribution in [0.5, 0.6) is 0 Å². The molecule has 0 aliphatic carbocycles. The van der Waals surface area contributed by atoms with E-state index >= 15 is 0 Å². The smallest absolute Gasteiger partial charge is 0.238 e. The number of carbonyl (C=O) groups is 1. The number of nitrogens with zero attached hydrogens (tertiary/aromatic N) is 1. The van der Waals surface area contributed by atoms with Crippen LogP contribution < -0.4 is 10.6 Å². The summed E-state index contributed by atoms with van der Waals surface area (Å²) in [4.78, 5) is 14.2. The highest BCUT2D eigenvalue weighted by Crippen LogP contribution is 2.13. The maximum absolute atomic E-state index is 12.1. The SMILES string of the molecule is CCc1cccc(NC(=O)CN(C)CC2CCNCC2)c1. The number of nitrogens with one attached hydrogen (secondary N) is 2. The summed E-state index contributed by atoms with van der Waals surface area (Å²) in [5.41, 5.74) is 2.14. The molecule has 1 aromatic carbocycles. The van der Waals surface area contributed by atoms with Gasteiger partial charge in [-0.15, -0.1) is 0 Å². The van der Waals surface area contributed by atoms with Gasteiger partial charge in [0.15, 0.2) is 0 Å². The maximum atomic E-state index is 12.1. The van der Waals surface area contributed by atoms with Crippen LogP contribution in [-0.2, 0) is 11.2 Å². The molecule has 1 aliphatic heterocycles.